The second-order valence-electron chi connectivity index (χ2n) is 5.56. The van der Waals surface area contributed by atoms with E-state index in [9.17, 15) is 4.39 Å². The first-order chi connectivity index (χ1) is 11.6. The maximum absolute atomic E-state index is 13.7. The largest absolute Gasteiger partial charge is 0.383 e. The third kappa shape index (κ3) is 11.0. The first-order valence-corrected chi connectivity index (χ1v) is 8.92. The third-order valence-electron chi connectivity index (χ3n) is 3.62. The van der Waals surface area contributed by atoms with Gasteiger partial charge < -0.3 is 20.3 Å². The van der Waals surface area contributed by atoms with Crippen LogP contribution in [-0.4, -0.2) is 64.9 Å². The molecule has 0 radical (unpaired) electrons. The van der Waals surface area contributed by atoms with Crippen LogP contribution in [0.5, 0.6) is 0 Å². The van der Waals surface area contributed by atoms with Crippen molar-refractivity contribution in [2.75, 3.05) is 54.0 Å². The number of ether oxygens (including phenoxy) is 1. The molecule has 1 aromatic rings. The van der Waals surface area contributed by atoms with Crippen molar-refractivity contribution in [2.24, 2.45) is 4.99 Å². The fourth-order valence-corrected chi connectivity index (χ4v) is 2.49. The van der Waals surface area contributed by atoms with Crippen LogP contribution in [-0.2, 0) is 11.2 Å². The van der Waals surface area contributed by atoms with Crippen LogP contribution in [0.25, 0.3) is 0 Å². The van der Waals surface area contributed by atoms with Gasteiger partial charge in [-0.15, -0.1) is 24.0 Å². The molecule has 0 heterocycles. The van der Waals surface area contributed by atoms with Gasteiger partial charge in [-0.25, -0.2) is 4.39 Å². The second kappa shape index (κ2) is 14.7. The number of rotatable bonds is 10. The van der Waals surface area contributed by atoms with E-state index in [1.54, 1.807) is 14.2 Å². The zero-order valence-electron chi connectivity index (χ0n) is 15.1. The number of likely N-dealkylation sites (N-methyl/N-ethyl adjacent to an activating group) is 1. The highest BCUT2D eigenvalue weighted by atomic mass is 127. The topological polar surface area (TPSA) is 48.9 Å². The Morgan fingerprint density at radius 2 is 2.00 bits per heavy atom. The average molecular weight is 531 g/mol. The van der Waals surface area contributed by atoms with Crippen molar-refractivity contribution in [2.45, 2.75) is 12.8 Å². The second-order valence-corrected chi connectivity index (χ2v) is 6.48. The molecule has 0 saturated carbocycles. The number of hydrogen-bond donors (Lipinski definition) is 2. The van der Waals surface area contributed by atoms with Crippen molar-refractivity contribution in [3.8, 4) is 0 Å². The van der Waals surface area contributed by atoms with Gasteiger partial charge in [0.15, 0.2) is 5.96 Å². The van der Waals surface area contributed by atoms with Crippen molar-refractivity contribution >= 4 is 45.9 Å². The summed E-state index contributed by atoms with van der Waals surface area (Å²) >= 11 is 3.27. The minimum Gasteiger partial charge on any atom is -0.383 e. The monoisotopic (exact) mass is 530 g/mol. The van der Waals surface area contributed by atoms with Crippen molar-refractivity contribution in [3.05, 3.63) is 34.1 Å². The molecule has 0 aliphatic carbocycles. The standard InChI is InChI=1S/C17H28BrFN4O.HI/c1-20-17(22-9-10-23(2)11-12-24-3)21-8-4-5-14-6-7-15(18)13-16(14)19;/h6-7,13H,4-5,8-12H2,1-3H3,(H2,20,21,22);1H. The molecule has 0 bridgehead atoms. The van der Waals surface area contributed by atoms with Crippen molar-refractivity contribution < 1.29 is 9.13 Å². The molecule has 0 aliphatic rings. The van der Waals surface area contributed by atoms with Gasteiger partial charge in [0.05, 0.1) is 6.61 Å². The van der Waals surface area contributed by atoms with Crippen molar-refractivity contribution in [1.29, 1.82) is 0 Å². The molecule has 0 aliphatic heterocycles. The third-order valence-corrected chi connectivity index (χ3v) is 4.11. The summed E-state index contributed by atoms with van der Waals surface area (Å²) in [5.74, 6) is 0.609. The number of aliphatic imine (C=N–C) groups is 1. The summed E-state index contributed by atoms with van der Waals surface area (Å²) in [6, 6.07) is 5.19. The Morgan fingerprint density at radius 1 is 1.28 bits per heavy atom. The summed E-state index contributed by atoms with van der Waals surface area (Å²) < 4.78 is 19.5. The predicted octanol–water partition coefficient (Wildman–Crippen LogP) is 2.88. The van der Waals surface area contributed by atoms with Crippen LogP contribution in [0.3, 0.4) is 0 Å². The molecule has 0 unspecified atom stereocenters. The number of guanidine groups is 1. The Balaban J connectivity index is 0.00000576. The van der Waals surface area contributed by atoms with Crippen LogP contribution in [0.15, 0.2) is 27.7 Å². The van der Waals surface area contributed by atoms with E-state index in [-0.39, 0.29) is 29.8 Å². The number of benzene rings is 1. The maximum atomic E-state index is 13.7. The molecule has 25 heavy (non-hydrogen) atoms. The van der Waals surface area contributed by atoms with Gasteiger partial charge in [-0.05, 0) is 37.6 Å². The fourth-order valence-electron chi connectivity index (χ4n) is 2.15. The summed E-state index contributed by atoms with van der Waals surface area (Å²) in [5, 5.41) is 6.52. The van der Waals surface area contributed by atoms with Gasteiger partial charge in [0.2, 0.25) is 0 Å². The first kappa shape index (κ1) is 24.6. The molecule has 1 rings (SSSR count). The van der Waals surface area contributed by atoms with E-state index in [0.29, 0.717) is 6.42 Å². The zero-order valence-corrected chi connectivity index (χ0v) is 19.1. The van der Waals surface area contributed by atoms with Crippen molar-refractivity contribution in [3.63, 3.8) is 0 Å². The molecule has 2 N–H and O–H groups in total. The molecular formula is C17H29BrFIN4O. The van der Waals surface area contributed by atoms with Gasteiger partial charge in [-0.1, -0.05) is 22.0 Å². The van der Waals surface area contributed by atoms with Crippen LogP contribution in [0.4, 0.5) is 4.39 Å². The van der Waals surface area contributed by atoms with Gasteiger partial charge in [-0.2, -0.15) is 0 Å². The molecule has 8 heteroatoms. The molecule has 1 aromatic carbocycles. The number of nitrogens with one attached hydrogen (secondary N) is 2. The Morgan fingerprint density at radius 3 is 2.64 bits per heavy atom. The summed E-state index contributed by atoms with van der Waals surface area (Å²) in [6.45, 7) is 4.10. The normalized spacial score (nSPS) is 11.4. The highest BCUT2D eigenvalue weighted by Gasteiger charge is 2.03. The Labute approximate surface area is 175 Å². The van der Waals surface area contributed by atoms with Gasteiger partial charge in [0.1, 0.15) is 5.82 Å². The lowest BCUT2D eigenvalue weighted by molar-refractivity contribution is 0.162. The summed E-state index contributed by atoms with van der Waals surface area (Å²) in [4.78, 5) is 6.39. The molecule has 0 aromatic heterocycles. The van der Waals surface area contributed by atoms with Crippen LogP contribution in [0.2, 0.25) is 0 Å². The minimum atomic E-state index is -0.161. The maximum Gasteiger partial charge on any atom is 0.191 e. The first-order valence-electron chi connectivity index (χ1n) is 8.12. The lowest BCUT2D eigenvalue weighted by Gasteiger charge is -2.17. The van der Waals surface area contributed by atoms with Gasteiger partial charge in [-0.3, -0.25) is 4.99 Å². The molecule has 0 amide bonds. The Kier molecular flexibility index (Phi) is 14.4. The van der Waals surface area contributed by atoms with Crippen LogP contribution in [0.1, 0.15) is 12.0 Å². The molecule has 144 valence electrons. The number of aryl methyl sites for hydroxylation is 1. The van der Waals surface area contributed by atoms with Gasteiger partial charge in [0.25, 0.3) is 0 Å². The number of halogens is 3. The smallest absolute Gasteiger partial charge is 0.191 e. The molecular weight excluding hydrogens is 502 g/mol. The number of nitrogens with zero attached hydrogens (tertiary/aromatic N) is 2. The molecule has 0 fully saturated rings. The predicted molar refractivity (Wildman–Crippen MR) is 117 cm³/mol. The fraction of sp³-hybridized carbons (Fsp3) is 0.588. The minimum absolute atomic E-state index is 0. The number of methoxy groups -OCH3 is 1. The van der Waals surface area contributed by atoms with Crippen LogP contribution in [0, 0.1) is 5.82 Å². The molecule has 0 saturated heterocycles. The summed E-state index contributed by atoms with van der Waals surface area (Å²) in [5.41, 5.74) is 0.739. The van der Waals surface area contributed by atoms with Crippen LogP contribution < -0.4 is 10.6 Å². The van der Waals surface area contributed by atoms with E-state index in [1.807, 2.05) is 12.1 Å². The highest BCUT2D eigenvalue weighted by Crippen LogP contribution is 2.16. The van der Waals surface area contributed by atoms with Gasteiger partial charge >= 0.3 is 0 Å². The lowest BCUT2D eigenvalue weighted by Crippen LogP contribution is -2.41. The molecule has 0 spiro atoms. The van der Waals surface area contributed by atoms with Gasteiger partial charge in [0, 0.05) is 44.8 Å². The molecule has 0 atom stereocenters. The van der Waals surface area contributed by atoms with Crippen molar-refractivity contribution in [1.82, 2.24) is 15.5 Å². The van der Waals surface area contributed by atoms with E-state index in [1.165, 1.54) is 6.07 Å². The van der Waals surface area contributed by atoms with E-state index < -0.39 is 0 Å². The Bertz CT molecular complexity index is 519. The van der Waals surface area contributed by atoms with E-state index in [2.05, 4.69) is 43.5 Å². The van der Waals surface area contributed by atoms with E-state index in [4.69, 9.17) is 4.74 Å². The quantitative estimate of drug-likeness (QED) is 0.211. The highest BCUT2D eigenvalue weighted by molar-refractivity contribution is 14.0. The average Bonchev–Trinajstić information content (AvgIpc) is 2.56. The summed E-state index contributed by atoms with van der Waals surface area (Å²) in [7, 11) is 5.51. The zero-order chi connectivity index (χ0) is 17.8. The lowest BCUT2D eigenvalue weighted by atomic mass is 10.1. The Hall–Kier alpha value is -0.450. The van der Waals surface area contributed by atoms with Crippen LogP contribution >= 0.6 is 39.9 Å². The SMILES string of the molecule is CN=C(NCCCc1ccc(Br)cc1F)NCCN(C)CCOC.I. The number of hydrogen-bond acceptors (Lipinski definition) is 3. The molecule has 5 nitrogen and oxygen atoms in total. The van der Waals surface area contributed by atoms with E-state index >= 15 is 0 Å². The summed E-state index contributed by atoms with van der Waals surface area (Å²) in [6.07, 6.45) is 1.54. The van der Waals surface area contributed by atoms with E-state index in [0.717, 1.165) is 55.2 Å².